The van der Waals surface area contributed by atoms with Gasteiger partial charge in [-0.2, -0.15) is 0 Å². The van der Waals surface area contributed by atoms with E-state index in [4.69, 9.17) is 23.7 Å². The van der Waals surface area contributed by atoms with Gasteiger partial charge in [-0.1, -0.05) is 112 Å². The molecule has 0 heterocycles. The van der Waals surface area contributed by atoms with E-state index in [1.54, 1.807) is 6.08 Å². The van der Waals surface area contributed by atoms with E-state index >= 15 is 0 Å². The molecular formula is C42H66O6. The first-order valence-corrected chi connectivity index (χ1v) is 19.2. The van der Waals surface area contributed by atoms with Crippen LogP contribution in [0.1, 0.15) is 159 Å². The van der Waals surface area contributed by atoms with Crippen LogP contribution < -0.4 is 23.7 Å². The number of carbonyl (C=O) groups excluding carboxylic acids is 1. The van der Waals surface area contributed by atoms with Crippen LogP contribution >= 0.6 is 0 Å². The summed E-state index contributed by atoms with van der Waals surface area (Å²) in [6.07, 6.45) is 19.8. The third-order valence-electron chi connectivity index (χ3n) is 8.31. The van der Waals surface area contributed by atoms with E-state index in [1.807, 2.05) is 18.2 Å². The maximum atomic E-state index is 14.5. The SMILES string of the molecule is CCCCCOc1ccc(CC)cc1/C=C\C(=O)c1c(OCCCCC)c(OCCCCC)cc(OCCCCC)c1OCCCCC. The summed E-state index contributed by atoms with van der Waals surface area (Å²) >= 11 is 0. The molecule has 0 spiro atoms. The summed E-state index contributed by atoms with van der Waals surface area (Å²) in [5.41, 5.74) is 2.45. The molecule has 0 aromatic heterocycles. The highest BCUT2D eigenvalue weighted by Gasteiger charge is 2.27. The summed E-state index contributed by atoms with van der Waals surface area (Å²) in [6, 6.07) is 8.11. The topological polar surface area (TPSA) is 63.2 Å². The van der Waals surface area contributed by atoms with E-state index in [-0.39, 0.29) is 5.78 Å². The fourth-order valence-corrected chi connectivity index (χ4v) is 5.31. The second-order valence-corrected chi connectivity index (χ2v) is 12.6. The summed E-state index contributed by atoms with van der Waals surface area (Å²) < 4.78 is 31.9. The van der Waals surface area contributed by atoms with Crippen LogP contribution in [0.2, 0.25) is 0 Å². The molecule has 48 heavy (non-hydrogen) atoms. The van der Waals surface area contributed by atoms with Crippen LogP contribution in [0.3, 0.4) is 0 Å². The predicted octanol–water partition coefficient (Wildman–Crippen LogP) is 12.0. The first kappa shape index (κ1) is 41.0. The van der Waals surface area contributed by atoms with Crippen LogP contribution in [0.25, 0.3) is 6.08 Å². The highest BCUT2D eigenvalue weighted by molar-refractivity contribution is 6.11. The lowest BCUT2D eigenvalue weighted by Gasteiger charge is -2.22. The maximum absolute atomic E-state index is 14.5. The smallest absolute Gasteiger partial charge is 0.193 e. The number of hydrogen-bond acceptors (Lipinski definition) is 6. The molecule has 0 N–H and O–H groups in total. The highest BCUT2D eigenvalue weighted by atomic mass is 16.5. The fourth-order valence-electron chi connectivity index (χ4n) is 5.31. The Labute approximate surface area is 292 Å². The third-order valence-corrected chi connectivity index (χ3v) is 8.31. The minimum Gasteiger partial charge on any atom is -0.493 e. The second-order valence-electron chi connectivity index (χ2n) is 12.6. The molecule has 0 amide bonds. The van der Waals surface area contributed by atoms with Crippen LogP contribution in [0.5, 0.6) is 28.7 Å². The van der Waals surface area contributed by atoms with E-state index < -0.39 is 0 Å². The van der Waals surface area contributed by atoms with E-state index in [0.717, 1.165) is 114 Å². The van der Waals surface area contributed by atoms with Crippen LogP contribution in [-0.2, 0) is 6.42 Å². The van der Waals surface area contributed by atoms with Crippen molar-refractivity contribution in [2.75, 3.05) is 33.0 Å². The Kier molecular flexibility index (Phi) is 22.1. The predicted molar refractivity (Wildman–Crippen MR) is 201 cm³/mol. The molecule has 0 aliphatic rings. The molecule has 0 fully saturated rings. The molecule has 2 aromatic carbocycles. The van der Waals surface area contributed by atoms with Crippen LogP contribution in [0.4, 0.5) is 0 Å². The Bertz CT molecular complexity index is 1140. The summed E-state index contributed by atoms with van der Waals surface area (Å²) in [7, 11) is 0. The highest BCUT2D eigenvalue weighted by Crippen LogP contribution is 2.46. The molecule has 0 saturated heterocycles. The van der Waals surface area contributed by atoms with E-state index in [1.165, 1.54) is 5.56 Å². The molecule has 0 aliphatic carbocycles. The minimum atomic E-state index is -0.206. The molecule has 0 saturated carbocycles. The lowest BCUT2D eigenvalue weighted by molar-refractivity contribution is 0.103. The van der Waals surface area contributed by atoms with Crippen LogP contribution in [0, 0.1) is 0 Å². The first-order valence-electron chi connectivity index (χ1n) is 19.2. The van der Waals surface area contributed by atoms with Crippen LogP contribution in [0.15, 0.2) is 30.3 Å². The lowest BCUT2D eigenvalue weighted by Crippen LogP contribution is -2.12. The average molecular weight is 667 g/mol. The van der Waals surface area contributed by atoms with Gasteiger partial charge in [0, 0.05) is 11.6 Å². The van der Waals surface area contributed by atoms with E-state index in [2.05, 4.69) is 53.7 Å². The molecule has 0 atom stereocenters. The zero-order chi connectivity index (χ0) is 34.8. The van der Waals surface area contributed by atoms with Gasteiger partial charge in [0.15, 0.2) is 28.8 Å². The van der Waals surface area contributed by atoms with Gasteiger partial charge in [-0.05, 0) is 68.4 Å². The largest absolute Gasteiger partial charge is 0.493 e. The molecule has 0 unspecified atom stereocenters. The van der Waals surface area contributed by atoms with Crippen molar-refractivity contribution >= 4 is 11.9 Å². The number of benzene rings is 2. The Morgan fingerprint density at radius 2 is 0.938 bits per heavy atom. The summed E-state index contributed by atoms with van der Waals surface area (Å²) in [5.74, 6) is 2.55. The molecule has 2 rings (SSSR count). The van der Waals surface area contributed by atoms with Gasteiger partial charge in [0.1, 0.15) is 11.3 Å². The first-order chi connectivity index (χ1) is 23.5. The number of rotatable bonds is 29. The lowest BCUT2D eigenvalue weighted by atomic mass is 10.0. The van der Waals surface area contributed by atoms with Gasteiger partial charge >= 0.3 is 0 Å². The van der Waals surface area contributed by atoms with Gasteiger partial charge in [0.2, 0.25) is 0 Å². The Hall–Kier alpha value is -3.15. The fraction of sp³-hybridized carbons (Fsp3) is 0.643. The number of ether oxygens (including phenoxy) is 5. The molecule has 2 aromatic rings. The monoisotopic (exact) mass is 666 g/mol. The Morgan fingerprint density at radius 1 is 0.521 bits per heavy atom. The second kappa shape index (κ2) is 25.8. The number of unbranched alkanes of at least 4 members (excludes halogenated alkanes) is 10. The average Bonchev–Trinajstić information content (AvgIpc) is 3.10. The van der Waals surface area contributed by atoms with Crippen molar-refractivity contribution in [1.29, 1.82) is 0 Å². The summed E-state index contributed by atoms with van der Waals surface area (Å²) in [5, 5.41) is 0. The maximum Gasteiger partial charge on any atom is 0.193 e. The van der Waals surface area contributed by atoms with Crippen molar-refractivity contribution in [3.8, 4) is 28.7 Å². The molecule has 270 valence electrons. The normalized spacial score (nSPS) is 11.2. The standard InChI is InChI=1S/C42H66O6/c1-7-13-18-27-44-37-26-23-34(12-6)32-35(37)24-25-36(43)40-41(47-30-21-16-10-4)38(45-28-19-14-8-2)33-39(46-29-20-15-9-3)42(40)48-31-22-17-11-5/h23-26,32-33H,7-22,27-31H2,1-6H3/b25-24-. The summed E-state index contributed by atoms with van der Waals surface area (Å²) in [6.45, 7) is 15.7. The molecular weight excluding hydrogens is 600 g/mol. The quantitative estimate of drug-likeness (QED) is 0.0489. The molecule has 0 radical (unpaired) electrons. The number of hydrogen-bond donors (Lipinski definition) is 0. The van der Waals surface area contributed by atoms with E-state index in [9.17, 15) is 4.79 Å². The van der Waals surface area contributed by atoms with Crippen molar-refractivity contribution in [2.45, 2.75) is 144 Å². The number of ketones is 1. The van der Waals surface area contributed by atoms with Gasteiger partial charge in [0.05, 0.1) is 33.0 Å². The summed E-state index contributed by atoms with van der Waals surface area (Å²) in [4.78, 5) is 14.5. The Balaban J connectivity index is 2.66. The van der Waals surface area contributed by atoms with Gasteiger partial charge in [0.25, 0.3) is 0 Å². The van der Waals surface area contributed by atoms with Gasteiger partial charge in [-0.3, -0.25) is 4.79 Å². The molecule has 0 bridgehead atoms. The van der Waals surface area contributed by atoms with Crippen LogP contribution in [-0.4, -0.2) is 38.8 Å². The van der Waals surface area contributed by atoms with Crippen molar-refractivity contribution in [2.24, 2.45) is 0 Å². The van der Waals surface area contributed by atoms with Crippen molar-refractivity contribution in [3.63, 3.8) is 0 Å². The van der Waals surface area contributed by atoms with E-state index in [0.29, 0.717) is 61.6 Å². The number of carbonyl (C=O) groups is 1. The zero-order valence-corrected chi connectivity index (χ0v) is 31.3. The zero-order valence-electron chi connectivity index (χ0n) is 31.3. The molecule has 0 aliphatic heterocycles. The minimum absolute atomic E-state index is 0.206. The molecule has 6 nitrogen and oxygen atoms in total. The van der Waals surface area contributed by atoms with Gasteiger partial charge in [-0.25, -0.2) is 0 Å². The number of allylic oxidation sites excluding steroid dienone is 1. The van der Waals surface area contributed by atoms with Crippen molar-refractivity contribution in [1.82, 2.24) is 0 Å². The van der Waals surface area contributed by atoms with Crippen molar-refractivity contribution < 1.29 is 28.5 Å². The Morgan fingerprint density at radius 3 is 1.35 bits per heavy atom. The molecule has 6 heteroatoms. The van der Waals surface area contributed by atoms with Gasteiger partial charge < -0.3 is 23.7 Å². The van der Waals surface area contributed by atoms with Crippen molar-refractivity contribution in [3.05, 3.63) is 47.0 Å². The number of aryl methyl sites for hydroxylation is 1. The third kappa shape index (κ3) is 15.0. The van der Waals surface area contributed by atoms with Gasteiger partial charge in [-0.15, -0.1) is 0 Å².